The predicted octanol–water partition coefficient (Wildman–Crippen LogP) is 0.568. The Labute approximate surface area is 196 Å². The van der Waals surface area contributed by atoms with Crippen molar-refractivity contribution >= 4 is 17.7 Å². The van der Waals surface area contributed by atoms with E-state index < -0.39 is 12.1 Å². The van der Waals surface area contributed by atoms with Crippen molar-refractivity contribution in [2.45, 2.75) is 57.5 Å². The minimum Gasteiger partial charge on any atom is -0.492 e. The number of nitrogens with two attached hydrogens (primary N) is 1. The number of rotatable bonds is 5. The summed E-state index contributed by atoms with van der Waals surface area (Å²) in [5.74, 6) is 0.0606. The molecule has 9 nitrogen and oxygen atoms in total. The lowest BCUT2D eigenvalue weighted by Crippen LogP contribution is -2.52. The Bertz CT molecular complexity index is 773. The van der Waals surface area contributed by atoms with Crippen molar-refractivity contribution in [2.75, 3.05) is 39.8 Å². The van der Waals surface area contributed by atoms with Crippen molar-refractivity contribution in [1.82, 2.24) is 20.9 Å². The van der Waals surface area contributed by atoms with E-state index in [2.05, 4.69) is 16.0 Å². The van der Waals surface area contributed by atoms with Gasteiger partial charge < -0.3 is 31.3 Å². The molecule has 0 bridgehead atoms. The molecule has 33 heavy (non-hydrogen) atoms. The van der Waals surface area contributed by atoms with Crippen LogP contribution < -0.4 is 26.4 Å². The first-order valence-electron chi connectivity index (χ1n) is 11.9. The lowest BCUT2D eigenvalue weighted by Gasteiger charge is -2.25. The molecule has 1 heterocycles. The number of carbonyl (C=O) groups is 3. The maximum atomic E-state index is 12.9. The molecule has 184 valence electrons. The van der Waals surface area contributed by atoms with Crippen molar-refractivity contribution < 1.29 is 19.1 Å². The number of nitrogens with zero attached hydrogens (tertiary/aromatic N) is 1. The van der Waals surface area contributed by atoms with E-state index in [9.17, 15) is 14.4 Å². The minimum atomic E-state index is -0.677. The summed E-state index contributed by atoms with van der Waals surface area (Å²) in [5, 5.41) is 8.96. The van der Waals surface area contributed by atoms with Crippen molar-refractivity contribution in [2.24, 2.45) is 5.73 Å². The number of hydrogen-bond donors (Lipinski definition) is 4. The SMILES string of the molecule is CCC[C@@H]1NCCOc2ccccc2CCCNC(=O)[C@@H](CCCN)NC(=O)CN(C)C1=O. The largest absolute Gasteiger partial charge is 0.492 e. The number of hydrogen-bond acceptors (Lipinski definition) is 6. The minimum absolute atomic E-state index is 0.114. The molecule has 0 radical (unpaired) electrons. The summed E-state index contributed by atoms with van der Waals surface area (Å²) in [6.45, 7) is 3.76. The number of likely N-dealkylation sites (N-methyl/N-ethyl adjacent to an activating group) is 1. The first-order chi connectivity index (χ1) is 16.0. The molecule has 5 N–H and O–H groups in total. The summed E-state index contributed by atoms with van der Waals surface area (Å²) in [7, 11) is 1.60. The van der Waals surface area contributed by atoms with Crippen LogP contribution in [0.15, 0.2) is 24.3 Å². The van der Waals surface area contributed by atoms with Crippen LogP contribution in [0.3, 0.4) is 0 Å². The first-order valence-corrected chi connectivity index (χ1v) is 11.9. The molecule has 2 atom stereocenters. The smallest absolute Gasteiger partial charge is 0.242 e. The molecule has 0 saturated heterocycles. The van der Waals surface area contributed by atoms with Gasteiger partial charge in [-0.15, -0.1) is 0 Å². The molecule has 1 aromatic rings. The van der Waals surface area contributed by atoms with Crippen molar-refractivity contribution in [3.63, 3.8) is 0 Å². The third kappa shape index (κ3) is 9.01. The van der Waals surface area contributed by atoms with Crippen molar-refractivity contribution in [1.29, 1.82) is 0 Å². The van der Waals surface area contributed by atoms with Gasteiger partial charge in [0.2, 0.25) is 17.7 Å². The first kappa shape index (κ1) is 26.6. The Kier molecular flexibility index (Phi) is 11.7. The number of amides is 3. The monoisotopic (exact) mass is 461 g/mol. The highest BCUT2D eigenvalue weighted by Gasteiger charge is 2.25. The fourth-order valence-electron chi connectivity index (χ4n) is 3.85. The highest BCUT2D eigenvalue weighted by Crippen LogP contribution is 2.19. The third-order valence-corrected chi connectivity index (χ3v) is 5.63. The second kappa shape index (κ2) is 14.5. The van der Waals surface area contributed by atoms with Crippen LogP contribution in [0.2, 0.25) is 0 Å². The summed E-state index contributed by atoms with van der Waals surface area (Å²) in [4.78, 5) is 39.6. The van der Waals surface area contributed by atoms with Gasteiger partial charge >= 0.3 is 0 Å². The highest BCUT2D eigenvalue weighted by atomic mass is 16.5. The van der Waals surface area contributed by atoms with Gasteiger partial charge in [0.05, 0.1) is 12.6 Å². The number of benzene rings is 1. The van der Waals surface area contributed by atoms with Crippen LogP contribution in [0.4, 0.5) is 0 Å². The molecule has 3 amide bonds. The lowest BCUT2D eigenvalue weighted by atomic mass is 10.1. The van der Waals surface area contributed by atoms with Crippen molar-refractivity contribution in [3.8, 4) is 5.75 Å². The van der Waals surface area contributed by atoms with Gasteiger partial charge in [-0.05, 0) is 50.3 Å². The Morgan fingerprint density at radius 2 is 1.91 bits per heavy atom. The zero-order chi connectivity index (χ0) is 24.1. The van der Waals surface area contributed by atoms with Gasteiger partial charge in [-0.25, -0.2) is 0 Å². The molecule has 2 rings (SSSR count). The van der Waals surface area contributed by atoms with Gasteiger partial charge in [-0.2, -0.15) is 0 Å². The van der Waals surface area contributed by atoms with E-state index in [-0.39, 0.29) is 24.3 Å². The number of fused-ring (bicyclic) bond motifs is 1. The summed E-state index contributed by atoms with van der Waals surface area (Å²) >= 11 is 0. The molecule has 0 spiro atoms. The highest BCUT2D eigenvalue weighted by molar-refractivity contribution is 5.91. The molecule has 1 aliphatic rings. The van der Waals surface area contributed by atoms with Crippen LogP contribution >= 0.6 is 0 Å². The van der Waals surface area contributed by atoms with Gasteiger partial charge in [-0.3, -0.25) is 14.4 Å². The molecule has 0 saturated carbocycles. The lowest BCUT2D eigenvalue weighted by molar-refractivity contribution is -0.137. The standard InChI is InChI=1S/C24H39N5O4/c1-3-8-20-24(32)29(2)17-22(30)28-19(11-6-13-25)23(31)27-14-7-10-18-9-4-5-12-21(18)33-16-15-26-20/h4-5,9,12,19-20,26H,3,6-8,10-11,13-17,25H2,1-2H3,(H,27,31)(H,28,30)/t19-,20+/m1/s1. The summed E-state index contributed by atoms with van der Waals surface area (Å²) in [6.07, 6.45) is 4.04. The van der Waals surface area contributed by atoms with Crippen LogP contribution in [0.25, 0.3) is 0 Å². The van der Waals surface area contributed by atoms with Crippen LogP contribution in [-0.2, 0) is 20.8 Å². The summed E-state index contributed by atoms with van der Waals surface area (Å²) in [5.41, 5.74) is 6.68. The van der Waals surface area contributed by atoms with E-state index in [0.29, 0.717) is 45.5 Å². The number of carbonyl (C=O) groups excluding carboxylic acids is 3. The van der Waals surface area contributed by atoms with E-state index in [0.717, 1.165) is 30.6 Å². The zero-order valence-corrected chi connectivity index (χ0v) is 19.9. The molecule has 1 aromatic carbocycles. The second-order valence-corrected chi connectivity index (χ2v) is 8.39. The quantitative estimate of drug-likeness (QED) is 0.508. The number of ether oxygens (including phenoxy) is 1. The Balaban J connectivity index is 2.17. The Hall–Kier alpha value is -2.65. The van der Waals surface area contributed by atoms with Gasteiger partial charge in [0.1, 0.15) is 18.4 Å². The number of aryl methyl sites for hydroxylation is 1. The van der Waals surface area contributed by atoms with Crippen LogP contribution in [0.1, 0.15) is 44.6 Å². The number of nitrogens with one attached hydrogen (secondary N) is 3. The van der Waals surface area contributed by atoms with Crippen LogP contribution in [-0.4, -0.2) is 74.5 Å². The van der Waals surface area contributed by atoms with Gasteiger partial charge in [-0.1, -0.05) is 31.5 Å². The summed E-state index contributed by atoms with van der Waals surface area (Å²) < 4.78 is 5.97. The van der Waals surface area contributed by atoms with Crippen LogP contribution in [0.5, 0.6) is 5.75 Å². The van der Waals surface area contributed by atoms with Crippen LogP contribution in [0, 0.1) is 0 Å². The van der Waals surface area contributed by atoms with E-state index in [1.54, 1.807) is 7.05 Å². The third-order valence-electron chi connectivity index (χ3n) is 5.63. The number of para-hydroxylation sites is 1. The fraction of sp³-hybridized carbons (Fsp3) is 0.625. The van der Waals surface area contributed by atoms with E-state index in [1.807, 2.05) is 31.2 Å². The molecular formula is C24H39N5O4. The topological polar surface area (TPSA) is 126 Å². The Morgan fingerprint density at radius 3 is 2.67 bits per heavy atom. The average molecular weight is 462 g/mol. The Morgan fingerprint density at radius 1 is 1.12 bits per heavy atom. The predicted molar refractivity (Wildman–Crippen MR) is 128 cm³/mol. The average Bonchev–Trinajstić information content (AvgIpc) is 2.80. The molecule has 0 unspecified atom stereocenters. The zero-order valence-electron chi connectivity index (χ0n) is 19.9. The van der Waals surface area contributed by atoms with Gasteiger partial charge in [0.25, 0.3) is 0 Å². The molecule has 1 aliphatic heterocycles. The molecule has 9 heteroatoms. The molecule has 0 aromatic heterocycles. The second-order valence-electron chi connectivity index (χ2n) is 8.39. The summed E-state index contributed by atoms with van der Waals surface area (Å²) in [6, 6.07) is 6.78. The van der Waals surface area contributed by atoms with E-state index in [1.165, 1.54) is 4.90 Å². The van der Waals surface area contributed by atoms with Gasteiger partial charge in [0, 0.05) is 20.1 Å². The maximum absolute atomic E-state index is 12.9. The van der Waals surface area contributed by atoms with Gasteiger partial charge in [0.15, 0.2) is 0 Å². The molecular weight excluding hydrogens is 422 g/mol. The van der Waals surface area contributed by atoms with Crippen molar-refractivity contribution in [3.05, 3.63) is 29.8 Å². The van der Waals surface area contributed by atoms with E-state index in [4.69, 9.17) is 10.5 Å². The maximum Gasteiger partial charge on any atom is 0.242 e. The normalized spacial score (nSPS) is 21.8. The fourth-order valence-corrected chi connectivity index (χ4v) is 3.85. The molecule has 0 fully saturated rings. The molecule has 0 aliphatic carbocycles. The van der Waals surface area contributed by atoms with E-state index >= 15 is 0 Å².